The Balaban J connectivity index is 3.54. The smallest absolute Gasteiger partial charge is 0.355 e. The largest absolute Gasteiger partial charge is 0.400 e. The second-order valence-electron chi connectivity index (χ2n) is 6.40. The Hall–Kier alpha value is -1.72. The van der Waals surface area contributed by atoms with Gasteiger partial charge in [0.25, 0.3) is 0 Å². The van der Waals surface area contributed by atoms with E-state index in [-0.39, 0.29) is 19.0 Å². The van der Waals surface area contributed by atoms with Crippen molar-refractivity contribution < 1.29 is 19.1 Å². The molecule has 4 N–H and O–H groups in total. The van der Waals surface area contributed by atoms with Gasteiger partial charge in [-0.05, 0) is 44.9 Å². The van der Waals surface area contributed by atoms with Gasteiger partial charge in [0.2, 0.25) is 5.91 Å². The fourth-order valence-electron chi connectivity index (χ4n) is 2.24. The highest BCUT2D eigenvalue weighted by Crippen LogP contribution is 2.26. The number of unbranched alkanes of at least 4 members (excludes halogenated alkanes) is 1. The molecule has 6 nitrogen and oxygen atoms in total. The van der Waals surface area contributed by atoms with E-state index in [2.05, 4.69) is 73.0 Å². The third kappa shape index (κ3) is 24.2. The molecule has 0 aliphatic rings. The summed E-state index contributed by atoms with van der Waals surface area (Å²) < 4.78 is 10.6. The van der Waals surface area contributed by atoms with Gasteiger partial charge in [-0.2, -0.15) is 0 Å². The van der Waals surface area contributed by atoms with Crippen LogP contribution >= 0.6 is 7.75 Å². The van der Waals surface area contributed by atoms with Crippen molar-refractivity contribution in [3.8, 4) is 0 Å². The Morgan fingerprint density at radius 3 is 1.76 bits per heavy atom. The number of amides is 1. The molecule has 0 radical (unpaired) electrons. The van der Waals surface area contributed by atoms with E-state index in [1.807, 2.05) is 5.09 Å². The van der Waals surface area contributed by atoms with E-state index in [0.29, 0.717) is 6.42 Å². The van der Waals surface area contributed by atoms with E-state index in [1.165, 1.54) is 0 Å². The summed E-state index contributed by atoms with van der Waals surface area (Å²) in [6, 6.07) is 0. The lowest BCUT2D eigenvalue weighted by Gasteiger charge is -2.07. The van der Waals surface area contributed by atoms with Gasteiger partial charge >= 0.3 is 7.75 Å². The summed E-state index contributed by atoms with van der Waals surface area (Å²) in [6.07, 6.45) is 28.4. The third-order valence-corrected chi connectivity index (χ3v) is 4.33. The van der Waals surface area contributed by atoms with Gasteiger partial charge in [0.05, 0.1) is 0 Å². The quantitative estimate of drug-likeness (QED) is 0.154. The Kier molecular flexibility index (Phi) is 18.4. The predicted molar refractivity (Wildman–Crippen MR) is 121 cm³/mol. The molecule has 29 heavy (non-hydrogen) atoms. The minimum atomic E-state index is -4.21. The maximum absolute atomic E-state index is 11.5. The monoisotopic (exact) mass is 424 g/mol. The van der Waals surface area contributed by atoms with E-state index < -0.39 is 7.75 Å². The van der Waals surface area contributed by atoms with Crippen LogP contribution in [0.3, 0.4) is 0 Å². The zero-order chi connectivity index (χ0) is 21.6. The zero-order valence-electron chi connectivity index (χ0n) is 17.5. The molecule has 0 unspecified atom stereocenters. The summed E-state index contributed by atoms with van der Waals surface area (Å²) in [4.78, 5) is 28.8. The molecule has 0 aliphatic heterocycles. The SMILES string of the molecule is CC/C=C\C/C=C\C/C=C\C/C=C\C/C=C\CCCC(=O)NCCNP(=O)(O)O. The molecule has 0 saturated carbocycles. The number of rotatable bonds is 17. The van der Waals surface area contributed by atoms with E-state index in [4.69, 9.17) is 9.79 Å². The molecule has 0 aromatic carbocycles. The molecule has 0 aromatic rings. The molecule has 0 aliphatic carbocycles. The summed E-state index contributed by atoms with van der Waals surface area (Å²) in [6.45, 7) is 2.38. The number of carbonyl (C=O) groups excluding carboxylic acids is 1. The van der Waals surface area contributed by atoms with Crippen LogP contribution in [-0.4, -0.2) is 28.8 Å². The van der Waals surface area contributed by atoms with Crippen LogP contribution in [0.5, 0.6) is 0 Å². The van der Waals surface area contributed by atoms with Gasteiger partial charge in [-0.15, -0.1) is 0 Å². The Morgan fingerprint density at radius 2 is 1.28 bits per heavy atom. The maximum atomic E-state index is 11.5. The van der Waals surface area contributed by atoms with Gasteiger partial charge in [0, 0.05) is 19.5 Å². The Bertz CT molecular complexity index is 604. The van der Waals surface area contributed by atoms with Crippen LogP contribution < -0.4 is 10.4 Å². The highest BCUT2D eigenvalue weighted by Gasteiger charge is 2.10. The first kappa shape index (κ1) is 27.3. The van der Waals surface area contributed by atoms with Gasteiger partial charge in [-0.3, -0.25) is 4.79 Å². The first-order valence-corrected chi connectivity index (χ1v) is 11.9. The topological polar surface area (TPSA) is 98.7 Å². The first-order chi connectivity index (χ1) is 14.0. The van der Waals surface area contributed by atoms with Gasteiger partial charge in [-0.1, -0.05) is 67.7 Å². The van der Waals surface area contributed by atoms with Crippen molar-refractivity contribution in [2.75, 3.05) is 13.1 Å². The zero-order valence-corrected chi connectivity index (χ0v) is 18.4. The van der Waals surface area contributed by atoms with Crippen molar-refractivity contribution in [1.82, 2.24) is 10.4 Å². The molecule has 0 bridgehead atoms. The number of hydrogen-bond acceptors (Lipinski definition) is 2. The molecular formula is C22H37N2O4P. The standard InChI is InChI=1S/C22H37N2O4P/c1-2-3-4-5-6-7-8-9-10-11-12-13-14-15-16-17-18-19-22(25)23-20-21-24-29(26,27)28/h3-4,6-7,9-10,12-13,15-16H,2,5,8,11,14,17-21H2,1H3,(H,23,25)(H3,24,26,27,28)/b4-3-,7-6-,10-9-,13-12-,16-15-. The van der Waals surface area contributed by atoms with Crippen molar-refractivity contribution in [3.63, 3.8) is 0 Å². The molecule has 0 fully saturated rings. The first-order valence-electron chi connectivity index (χ1n) is 10.3. The Morgan fingerprint density at radius 1 is 0.793 bits per heavy atom. The maximum Gasteiger partial charge on any atom is 0.400 e. The molecular weight excluding hydrogens is 387 g/mol. The van der Waals surface area contributed by atoms with E-state index in [1.54, 1.807) is 0 Å². The fraction of sp³-hybridized carbons (Fsp3) is 0.500. The predicted octanol–water partition coefficient (Wildman–Crippen LogP) is 4.71. The minimum Gasteiger partial charge on any atom is -0.355 e. The van der Waals surface area contributed by atoms with Gasteiger partial charge in [-0.25, -0.2) is 9.65 Å². The highest BCUT2D eigenvalue weighted by atomic mass is 31.2. The van der Waals surface area contributed by atoms with Crippen molar-refractivity contribution in [1.29, 1.82) is 0 Å². The molecule has 0 atom stereocenters. The summed E-state index contributed by atoms with van der Waals surface area (Å²) >= 11 is 0. The molecule has 0 rings (SSSR count). The summed E-state index contributed by atoms with van der Waals surface area (Å²) in [5, 5.41) is 4.64. The number of carbonyl (C=O) groups is 1. The van der Waals surface area contributed by atoms with Crippen LogP contribution in [0.15, 0.2) is 60.8 Å². The molecule has 0 heterocycles. The van der Waals surface area contributed by atoms with Crippen molar-refractivity contribution >= 4 is 13.7 Å². The fourth-order valence-corrected chi connectivity index (χ4v) is 2.64. The molecule has 0 spiro atoms. The minimum absolute atomic E-state index is 0.0464. The van der Waals surface area contributed by atoms with E-state index in [0.717, 1.165) is 44.9 Å². The molecule has 7 heteroatoms. The summed E-state index contributed by atoms with van der Waals surface area (Å²) in [7, 11) is -4.21. The molecule has 0 aromatic heterocycles. The van der Waals surface area contributed by atoms with E-state index in [9.17, 15) is 9.36 Å². The summed E-state index contributed by atoms with van der Waals surface area (Å²) in [5.74, 6) is -0.107. The van der Waals surface area contributed by atoms with Crippen LogP contribution in [0, 0.1) is 0 Å². The summed E-state index contributed by atoms with van der Waals surface area (Å²) in [5.41, 5.74) is 0. The van der Waals surface area contributed by atoms with E-state index >= 15 is 0 Å². The average Bonchev–Trinajstić information content (AvgIpc) is 2.67. The van der Waals surface area contributed by atoms with Crippen LogP contribution in [0.2, 0.25) is 0 Å². The van der Waals surface area contributed by atoms with Crippen molar-refractivity contribution in [2.24, 2.45) is 0 Å². The number of hydrogen-bond donors (Lipinski definition) is 4. The molecule has 164 valence electrons. The van der Waals surface area contributed by atoms with Gasteiger partial charge in [0.1, 0.15) is 0 Å². The lowest BCUT2D eigenvalue weighted by molar-refractivity contribution is -0.121. The van der Waals surface area contributed by atoms with Gasteiger partial charge in [0.15, 0.2) is 0 Å². The third-order valence-electron chi connectivity index (χ3n) is 3.70. The van der Waals surface area contributed by atoms with Crippen LogP contribution in [0.25, 0.3) is 0 Å². The normalized spacial score (nSPS) is 13.1. The highest BCUT2D eigenvalue weighted by molar-refractivity contribution is 7.49. The second-order valence-corrected chi connectivity index (χ2v) is 7.81. The lowest BCUT2D eigenvalue weighted by Crippen LogP contribution is -2.30. The van der Waals surface area contributed by atoms with Crippen molar-refractivity contribution in [3.05, 3.63) is 60.8 Å². The molecule has 1 amide bonds. The van der Waals surface area contributed by atoms with Crippen LogP contribution in [0.1, 0.15) is 58.3 Å². The van der Waals surface area contributed by atoms with Crippen molar-refractivity contribution in [2.45, 2.75) is 58.3 Å². The number of allylic oxidation sites excluding steroid dienone is 10. The number of nitrogens with one attached hydrogen (secondary N) is 2. The second kappa shape index (κ2) is 19.6. The van der Waals surface area contributed by atoms with Gasteiger partial charge < -0.3 is 15.1 Å². The lowest BCUT2D eigenvalue weighted by atomic mass is 10.2. The Labute approximate surface area is 175 Å². The molecule has 0 saturated heterocycles. The van der Waals surface area contributed by atoms with Crippen LogP contribution in [0.4, 0.5) is 0 Å². The van der Waals surface area contributed by atoms with Crippen LogP contribution in [-0.2, 0) is 9.36 Å². The average molecular weight is 425 g/mol.